The van der Waals surface area contributed by atoms with Crippen LogP contribution in [0.4, 0.5) is 5.82 Å². The van der Waals surface area contributed by atoms with Crippen molar-refractivity contribution >= 4 is 5.82 Å². The average Bonchev–Trinajstić information content (AvgIpc) is 2.80. The molecule has 16 heavy (non-hydrogen) atoms. The molecule has 1 saturated heterocycles. The summed E-state index contributed by atoms with van der Waals surface area (Å²) in [7, 11) is 0. The second-order valence-corrected chi connectivity index (χ2v) is 4.98. The molecule has 3 nitrogen and oxygen atoms in total. The lowest BCUT2D eigenvalue weighted by molar-refractivity contribution is -0.0390. The molecule has 0 bridgehead atoms. The first-order valence-electron chi connectivity index (χ1n) is 6.22. The van der Waals surface area contributed by atoms with Crippen molar-refractivity contribution in [3.63, 3.8) is 0 Å². The first kappa shape index (κ1) is 10.1. The van der Waals surface area contributed by atoms with Crippen molar-refractivity contribution in [3.8, 4) is 0 Å². The Balaban J connectivity index is 1.79. The Bertz CT molecular complexity index is 364. The van der Waals surface area contributed by atoms with Crippen molar-refractivity contribution in [2.75, 3.05) is 18.0 Å². The van der Waals surface area contributed by atoms with Gasteiger partial charge in [-0.15, -0.1) is 0 Å². The van der Waals surface area contributed by atoms with Gasteiger partial charge in [-0.1, -0.05) is 6.07 Å². The quantitative estimate of drug-likeness (QED) is 0.825. The number of pyridine rings is 1. The normalized spacial score (nSPS) is 23.2. The first-order chi connectivity index (χ1) is 7.78. The summed E-state index contributed by atoms with van der Waals surface area (Å²) in [5.41, 5.74) is 0.415. The van der Waals surface area contributed by atoms with Crippen LogP contribution >= 0.6 is 0 Å². The second-order valence-electron chi connectivity index (χ2n) is 4.98. The summed E-state index contributed by atoms with van der Waals surface area (Å²) in [5.74, 6) is 1.06. The molecule has 1 aromatic heterocycles. The van der Waals surface area contributed by atoms with Crippen LogP contribution < -0.4 is 4.90 Å². The summed E-state index contributed by atoms with van der Waals surface area (Å²) in [6, 6.07) is 4.09. The average molecular weight is 218 g/mol. The fourth-order valence-corrected chi connectivity index (χ4v) is 2.59. The fourth-order valence-electron chi connectivity index (χ4n) is 2.59. The van der Waals surface area contributed by atoms with E-state index >= 15 is 0 Å². The highest BCUT2D eigenvalue weighted by atomic mass is 16.3. The highest BCUT2D eigenvalue weighted by molar-refractivity contribution is 5.41. The number of nitrogens with zero attached hydrogens (tertiary/aromatic N) is 2. The van der Waals surface area contributed by atoms with E-state index in [2.05, 4.69) is 16.0 Å². The minimum Gasteiger partial charge on any atom is -0.385 e. The summed E-state index contributed by atoms with van der Waals surface area (Å²) in [6.07, 6.45) is 7.30. The van der Waals surface area contributed by atoms with E-state index in [1.807, 2.05) is 12.3 Å². The largest absolute Gasteiger partial charge is 0.385 e. The van der Waals surface area contributed by atoms with Gasteiger partial charge >= 0.3 is 0 Å². The molecule has 2 fully saturated rings. The van der Waals surface area contributed by atoms with Crippen molar-refractivity contribution in [1.29, 1.82) is 0 Å². The summed E-state index contributed by atoms with van der Waals surface area (Å²) < 4.78 is 0. The van der Waals surface area contributed by atoms with Crippen molar-refractivity contribution in [2.24, 2.45) is 0 Å². The van der Waals surface area contributed by atoms with Gasteiger partial charge in [0.1, 0.15) is 5.82 Å². The van der Waals surface area contributed by atoms with Crippen LogP contribution in [0.15, 0.2) is 18.3 Å². The van der Waals surface area contributed by atoms with Crippen molar-refractivity contribution in [3.05, 3.63) is 23.9 Å². The molecule has 0 atom stereocenters. The van der Waals surface area contributed by atoms with Gasteiger partial charge in [0, 0.05) is 24.8 Å². The number of rotatable bonds is 2. The third kappa shape index (κ3) is 1.59. The zero-order chi connectivity index (χ0) is 11.0. The van der Waals surface area contributed by atoms with Gasteiger partial charge in [0.15, 0.2) is 0 Å². The van der Waals surface area contributed by atoms with Gasteiger partial charge in [0.2, 0.25) is 0 Å². The zero-order valence-electron chi connectivity index (χ0n) is 9.52. The van der Waals surface area contributed by atoms with Crippen molar-refractivity contribution in [1.82, 2.24) is 4.98 Å². The number of hydrogen-bond donors (Lipinski definition) is 1. The summed E-state index contributed by atoms with van der Waals surface area (Å²) >= 11 is 0. The number of aromatic nitrogens is 1. The molecule has 1 N–H and O–H groups in total. The third-order valence-electron chi connectivity index (χ3n) is 3.90. The lowest BCUT2D eigenvalue weighted by Gasteiger charge is -2.36. The van der Waals surface area contributed by atoms with Crippen LogP contribution in [-0.4, -0.2) is 23.2 Å². The molecule has 0 amide bonds. The molecule has 0 aromatic carbocycles. The van der Waals surface area contributed by atoms with E-state index in [0.29, 0.717) is 0 Å². The van der Waals surface area contributed by atoms with Gasteiger partial charge in [-0.2, -0.15) is 0 Å². The lowest BCUT2D eigenvalue weighted by atomic mass is 9.76. The standard InChI is InChI=1S/C13H18N2O/c16-13(6-3-7-13)11-4-5-12(14-10-11)15-8-1-2-9-15/h4-5,10,16H,1-3,6-9H2. The predicted octanol–water partition coefficient (Wildman–Crippen LogP) is 2.05. The third-order valence-corrected chi connectivity index (χ3v) is 3.90. The fraction of sp³-hybridized carbons (Fsp3) is 0.615. The van der Waals surface area contributed by atoms with Gasteiger partial charge in [-0.25, -0.2) is 4.98 Å². The molecule has 2 aliphatic rings. The van der Waals surface area contributed by atoms with E-state index < -0.39 is 5.60 Å². The van der Waals surface area contributed by atoms with Gasteiger partial charge in [-0.3, -0.25) is 0 Å². The SMILES string of the molecule is OC1(c2ccc(N3CCCC3)nc2)CCC1. The monoisotopic (exact) mass is 218 g/mol. The zero-order valence-corrected chi connectivity index (χ0v) is 9.52. The van der Waals surface area contributed by atoms with Crippen LogP contribution in [0, 0.1) is 0 Å². The number of hydrogen-bond acceptors (Lipinski definition) is 3. The van der Waals surface area contributed by atoms with Crippen LogP contribution in [0.25, 0.3) is 0 Å². The Hall–Kier alpha value is -1.09. The molecule has 1 aliphatic heterocycles. The molecule has 0 unspecified atom stereocenters. The van der Waals surface area contributed by atoms with Gasteiger partial charge in [0.05, 0.1) is 5.60 Å². The Morgan fingerprint density at radius 2 is 1.88 bits per heavy atom. The maximum atomic E-state index is 10.2. The number of aliphatic hydroxyl groups is 1. The van der Waals surface area contributed by atoms with E-state index in [9.17, 15) is 5.11 Å². The molecule has 1 aromatic rings. The topological polar surface area (TPSA) is 36.4 Å². The molecule has 3 rings (SSSR count). The second kappa shape index (κ2) is 3.74. The van der Waals surface area contributed by atoms with E-state index in [0.717, 1.165) is 43.7 Å². The molecule has 2 heterocycles. The van der Waals surface area contributed by atoms with Crippen LogP contribution in [0.1, 0.15) is 37.7 Å². The Labute approximate surface area is 96.1 Å². The Kier molecular flexibility index (Phi) is 2.36. The van der Waals surface area contributed by atoms with E-state index in [-0.39, 0.29) is 0 Å². The summed E-state index contributed by atoms with van der Waals surface area (Å²) in [6.45, 7) is 2.24. The molecule has 86 valence electrons. The molecule has 0 radical (unpaired) electrons. The molecule has 1 saturated carbocycles. The molecule has 3 heteroatoms. The van der Waals surface area contributed by atoms with Crippen LogP contribution in [0.5, 0.6) is 0 Å². The summed E-state index contributed by atoms with van der Waals surface area (Å²) in [4.78, 5) is 6.79. The van der Waals surface area contributed by atoms with Gasteiger partial charge < -0.3 is 10.0 Å². The highest BCUT2D eigenvalue weighted by Gasteiger charge is 2.36. The maximum absolute atomic E-state index is 10.2. The molecule has 0 spiro atoms. The molecular weight excluding hydrogens is 200 g/mol. The minimum atomic E-state index is -0.573. The van der Waals surface area contributed by atoms with Crippen LogP contribution in [-0.2, 0) is 5.60 Å². The minimum absolute atomic E-state index is 0.573. The Morgan fingerprint density at radius 1 is 1.12 bits per heavy atom. The number of anilines is 1. The summed E-state index contributed by atoms with van der Waals surface area (Å²) in [5, 5.41) is 10.2. The van der Waals surface area contributed by atoms with Gasteiger partial charge in [0.25, 0.3) is 0 Å². The molecule has 1 aliphatic carbocycles. The first-order valence-corrected chi connectivity index (χ1v) is 6.22. The van der Waals surface area contributed by atoms with Crippen LogP contribution in [0.3, 0.4) is 0 Å². The van der Waals surface area contributed by atoms with Gasteiger partial charge in [-0.05, 0) is 38.2 Å². The predicted molar refractivity (Wildman–Crippen MR) is 63.4 cm³/mol. The van der Waals surface area contributed by atoms with Crippen molar-refractivity contribution < 1.29 is 5.11 Å². The van der Waals surface area contributed by atoms with E-state index in [1.165, 1.54) is 12.8 Å². The van der Waals surface area contributed by atoms with E-state index in [1.54, 1.807) is 0 Å². The molecular formula is C13H18N2O. The maximum Gasteiger partial charge on any atom is 0.128 e. The van der Waals surface area contributed by atoms with Crippen molar-refractivity contribution in [2.45, 2.75) is 37.7 Å². The Morgan fingerprint density at radius 3 is 2.38 bits per heavy atom. The lowest BCUT2D eigenvalue weighted by Crippen LogP contribution is -2.33. The van der Waals surface area contributed by atoms with E-state index in [4.69, 9.17) is 0 Å². The van der Waals surface area contributed by atoms with Crippen LogP contribution in [0.2, 0.25) is 0 Å². The highest BCUT2D eigenvalue weighted by Crippen LogP contribution is 2.40. The smallest absolute Gasteiger partial charge is 0.128 e.